The molecule has 0 heterocycles. The normalized spacial score (nSPS) is 8.23. The fourth-order valence-electron chi connectivity index (χ4n) is 0.671. The molecule has 0 rings (SSSR count). The first kappa shape index (κ1) is 23.1. The van der Waals surface area contributed by atoms with Gasteiger partial charge in [-0.1, -0.05) is 20.8 Å². The highest BCUT2D eigenvalue weighted by Crippen LogP contribution is 1.98. The van der Waals surface area contributed by atoms with E-state index in [1.807, 2.05) is 0 Å². The Labute approximate surface area is 81.1 Å². The van der Waals surface area contributed by atoms with E-state index in [0.29, 0.717) is 0 Å². The summed E-state index contributed by atoms with van der Waals surface area (Å²) >= 11 is 0. The molecule has 0 amide bonds. The highest BCUT2D eigenvalue weighted by molar-refractivity contribution is 7.30. The maximum Gasteiger partial charge on any atom is 0.314 e. The summed E-state index contributed by atoms with van der Waals surface area (Å²) in [7, 11) is -3.13. The predicted octanol–water partition coefficient (Wildman–Crippen LogP) is 1.03. The quantitative estimate of drug-likeness (QED) is 0.522. The average Bonchev–Trinajstić information content (AvgIpc) is 1.90. The minimum Gasteiger partial charge on any atom is -0.344 e. The molecule has 0 atom stereocenters. The summed E-state index contributed by atoms with van der Waals surface area (Å²) in [6.07, 6.45) is 0. The Morgan fingerprint density at radius 2 is 1.15 bits per heavy atom. The van der Waals surface area contributed by atoms with Crippen LogP contribution in [-0.4, -0.2) is 34.3 Å². The second-order valence-corrected chi connectivity index (χ2v) is 2.47. The van der Waals surface area contributed by atoms with Crippen molar-refractivity contribution in [3.05, 3.63) is 0 Å². The van der Waals surface area contributed by atoms with Gasteiger partial charge < -0.3 is 27.0 Å². The maximum absolute atomic E-state index is 8.74. The summed E-state index contributed by atoms with van der Waals surface area (Å²) in [4.78, 5) is 16.7. The topological polar surface area (TPSA) is 131 Å². The molecular formula is C6H24N3O3P. The smallest absolute Gasteiger partial charge is 0.314 e. The largest absolute Gasteiger partial charge is 0.344 e. The van der Waals surface area contributed by atoms with Crippen molar-refractivity contribution in [1.29, 1.82) is 0 Å². The Morgan fingerprint density at radius 1 is 1.00 bits per heavy atom. The predicted molar refractivity (Wildman–Crippen MR) is 56.9 cm³/mol. The third-order valence-electron chi connectivity index (χ3n) is 1.34. The molecule has 0 aromatic carbocycles. The van der Waals surface area contributed by atoms with Gasteiger partial charge in [0.25, 0.3) is 0 Å². The molecule has 0 saturated carbocycles. The standard InChI is InChI=1S/C6H15N.2H3N.H3O3P/c1-4-7(5-2)6-3;;;1-4(2)3/h4-6H2,1-3H3;2*1H3;4H,(H2,1,2,3). The van der Waals surface area contributed by atoms with Gasteiger partial charge in [-0.3, -0.25) is 4.57 Å². The Balaban J connectivity index is -0.0000000600. The zero-order valence-corrected chi connectivity index (χ0v) is 9.79. The van der Waals surface area contributed by atoms with Crippen molar-refractivity contribution < 1.29 is 14.4 Å². The second-order valence-electron chi connectivity index (χ2n) is 1.90. The minimum absolute atomic E-state index is 0. The van der Waals surface area contributed by atoms with E-state index in [1.165, 1.54) is 19.6 Å². The number of rotatable bonds is 3. The van der Waals surface area contributed by atoms with Crippen LogP contribution in [0, 0.1) is 0 Å². The molecule has 0 fully saturated rings. The van der Waals surface area contributed by atoms with Gasteiger partial charge in [0.2, 0.25) is 0 Å². The van der Waals surface area contributed by atoms with Gasteiger partial charge in [0, 0.05) is 0 Å². The van der Waals surface area contributed by atoms with Gasteiger partial charge in [-0.25, -0.2) is 0 Å². The Bertz CT molecular complexity index is 91.6. The molecule has 0 radical (unpaired) electrons. The molecule has 13 heavy (non-hydrogen) atoms. The number of hydrogen-bond donors (Lipinski definition) is 4. The summed E-state index contributed by atoms with van der Waals surface area (Å²) in [6, 6.07) is 0. The molecule has 0 aliphatic carbocycles. The fourth-order valence-corrected chi connectivity index (χ4v) is 0.671. The summed E-state index contributed by atoms with van der Waals surface area (Å²) in [5.74, 6) is 0. The molecule has 6 nitrogen and oxygen atoms in total. The zero-order chi connectivity index (χ0) is 9.28. The van der Waals surface area contributed by atoms with E-state index >= 15 is 0 Å². The van der Waals surface area contributed by atoms with Crippen LogP contribution < -0.4 is 12.3 Å². The molecule has 0 aromatic rings. The monoisotopic (exact) mass is 217 g/mol. The van der Waals surface area contributed by atoms with Gasteiger partial charge in [-0.2, -0.15) is 0 Å². The minimum atomic E-state index is -3.13. The van der Waals surface area contributed by atoms with Gasteiger partial charge in [-0.05, 0) is 19.6 Å². The van der Waals surface area contributed by atoms with Gasteiger partial charge in [0.15, 0.2) is 0 Å². The molecule has 0 aliphatic rings. The third-order valence-corrected chi connectivity index (χ3v) is 1.34. The molecule has 8 N–H and O–H groups in total. The van der Waals surface area contributed by atoms with Crippen molar-refractivity contribution in [1.82, 2.24) is 17.2 Å². The van der Waals surface area contributed by atoms with Gasteiger partial charge in [-0.15, -0.1) is 0 Å². The first-order chi connectivity index (χ1) is 5.08. The molecule has 0 saturated heterocycles. The van der Waals surface area contributed by atoms with E-state index in [0.717, 1.165) is 0 Å². The molecule has 0 aromatic heterocycles. The van der Waals surface area contributed by atoms with Crippen LogP contribution >= 0.6 is 8.25 Å². The van der Waals surface area contributed by atoms with E-state index < -0.39 is 8.25 Å². The van der Waals surface area contributed by atoms with E-state index in [1.54, 1.807) is 0 Å². The van der Waals surface area contributed by atoms with E-state index in [4.69, 9.17) is 14.4 Å². The lowest BCUT2D eigenvalue weighted by atomic mass is 10.5. The summed E-state index contributed by atoms with van der Waals surface area (Å²) in [5, 5.41) is 0. The van der Waals surface area contributed by atoms with Crippen LogP contribution in [0.25, 0.3) is 0 Å². The fraction of sp³-hybridized carbons (Fsp3) is 1.00. The van der Waals surface area contributed by atoms with Crippen molar-refractivity contribution >= 4 is 8.25 Å². The molecule has 0 spiro atoms. The van der Waals surface area contributed by atoms with E-state index in [-0.39, 0.29) is 12.3 Å². The van der Waals surface area contributed by atoms with Gasteiger partial charge in [0.1, 0.15) is 0 Å². The van der Waals surface area contributed by atoms with Gasteiger partial charge >= 0.3 is 8.25 Å². The van der Waals surface area contributed by atoms with Crippen LogP contribution in [0.5, 0.6) is 0 Å². The van der Waals surface area contributed by atoms with Crippen molar-refractivity contribution in [2.45, 2.75) is 20.8 Å². The van der Waals surface area contributed by atoms with Crippen LogP contribution in [0.4, 0.5) is 0 Å². The van der Waals surface area contributed by atoms with E-state index in [9.17, 15) is 0 Å². The Kier molecular flexibility index (Phi) is 31.9. The highest BCUT2D eigenvalue weighted by atomic mass is 31.1. The SMILES string of the molecule is CCN(CC)CC.N.N.O=[PH](O)O. The first-order valence-electron chi connectivity index (χ1n) is 3.72. The molecule has 0 unspecified atom stereocenters. The van der Waals surface area contributed by atoms with Gasteiger partial charge in [0.05, 0.1) is 0 Å². The summed E-state index contributed by atoms with van der Waals surface area (Å²) in [6.45, 7) is 10.1. The van der Waals surface area contributed by atoms with Crippen LogP contribution in [0.2, 0.25) is 0 Å². The third kappa shape index (κ3) is 33.3. The number of nitrogens with zero attached hydrogens (tertiary/aromatic N) is 1. The summed E-state index contributed by atoms with van der Waals surface area (Å²) < 4.78 is 8.74. The summed E-state index contributed by atoms with van der Waals surface area (Å²) in [5.41, 5.74) is 0. The Morgan fingerprint density at radius 3 is 1.15 bits per heavy atom. The molecule has 86 valence electrons. The lowest BCUT2D eigenvalue weighted by Crippen LogP contribution is -2.21. The Hall–Kier alpha value is 0.0300. The zero-order valence-electron chi connectivity index (χ0n) is 8.79. The first-order valence-corrected chi connectivity index (χ1v) is 5.02. The van der Waals surface area contributed by atoms with Crippen molar-refractivity contribution in [2.75, 3.05) is 19.6 Å². The maximum atomic E-state index is 8.74. The molecule has 7 heteroatoms. The van der Waals surface area contributed by atoms with Crippen molar-refractivity contribution in [3.63, 3.8) is 0 Å². The average molecular weight is 217 g/mol. The lowest BCUT2D eigenvalue weighted by molar-refractivity contribution is 0.321. The molecular weight excluding hydrogens is 193 g/mol. The number of hydrogen-bond acceptors (Lipinski definition) is 4. The van der Waals surface area contributed by atoms with Crippen molar-refractivity contribution in [3.8, 4) is 0 Å². The van der Waals surface area contributed by atoms with Crippen LogP contribution in [0.3, 0.4) is 0 Å². The van der Waals surface area contributed by atoms with Crippen molar-refractivity contribution in [2.24, 2.45) is 0 Å². The van der Waals surface area contributed by atoms with Crippen LogP contribution in [-0.2, 0) is 4.57 Å². The molecule has 0 bridgehead atoms. The van der Waals surface area contributed by atoms with E-state index in [2.05, 4.69) is 25.7 Å². The van der Waals surface area contributed by atoms with Crippen LogP contribution in [0.15, 0.2) is 0 Å². The molecule has 0 aliphatic heterocycles. The highest BCUT2D eigenvalue weighted by Gasteiger charge is 1.89. The lowest BCUT2D eigenvalue weighted by Gasteiger charge is -2.13. The second kappa shape index (κ2) is 17.9. The van der Waals surface area contributed by atoms with Crippen LogP contribution in [0.1, 0.15) is 20.8 Å².